The third-order valence-electron chi connectivity index (χ3n) is 4.22. The first-order valence-corrected chi connectivity index (χ1v) is 8.56. The molecule has 0 bridgehead atoms. The highest BCUT2D eigenvalue weighted by atomic mass is 16.5. The van der Waals surface area contributed by atoms with Gasteiger partial charge in [-0.3, -0.25) is 9.59 Å². The Morgan fingerprint density at radius 1 is 1.33 bits per heavy atom. The first kappa shape index (κ1) is 18.7. The molecule has 0 atom stereocenters. The molecule has 1 aromatic carbocycles. The van der Waals surface area contributed by atoms with Crippen LogP contribution < -0.4 is 10.2 Å². The van der Waals surface area contributed by atoms with Crippen molar-refractivity contribution in [3.05, 3.63) is 47.4 Å². The zero-order chi connectivity index (χ0) is 19.4. The molecule has 1 aromatic heterocycles. The van der Waals surface area contributed by atoms with E-state index in [-0.39, 0.29) is 23.8 Å². The molecule has 2 heterocycles. The minimum atomic E-state index is -0.714. The van der Waals surface area contributed by atoms with E-state index in [1.807, 2.05) is 0 Å². The zero-order valence-electron chi connectivity index (χ0n) is 14.9. The molecule has 1 saturated heterocycles. The Morgan fingerprint density at radius 3 is 2.78 bits per heavy atom. The maximum Gasteiger partial charge on any atom is 0.342 e. The van der Waals surface area contributed by atoms with Gasteiger partial charge in [-0.2, -0.15) is 0 Å². The van der Waals surface area contributed by atoms with E-state index in [9.17, 15) is 14.4 Å². The largest absolute Gasteiger partial charge is 0.463 e. The molecule has 2 amide bonds. The van der Waals surface area contributed by atoms with Gasteiger partial charge in [-0.1, -0.05) is 12.1 Å². The number of furan rings is 1. The number of hydrogen-bond acceptors (Lipinski definition) is 6. The number of amides is 2. The summed E-state index contributed by atoms with van der Waals surface area (Å²) in [6.07, 6.45) is 1.26. The Labute approximate surface area is 155 Å². The summed E-state index contributed by atoms with van der Waals surface area (Å²) in [4.78, 5) is 37.9. The van der Waals surface area contributed by atoms with Gasteiger partial charge in [0.1, 0.15) is 23.7 Å². The number of carbonyl (C=O) groups excluding carboxylic acids is 3. The number of aliphatic hydroxyl groups is 1. The maximum absolute atomic E-state index is 12.2. The van der Waals surface area contributed by atoms with Crippen LogP contribution in [0.1, 0.15) is 34.7 Å². The van der Waals surface area contributed by atoms with Gasteiger partial charge in [0.25, 0.3) is 5.91 Å². The minimum absolute atomic E-state index is 0.0123. The average Bonchev–Trinajstić information content (AvgIpc) is 3.25. The first-order chi connectivity index (χ1) is 13.0. The third kappa shape index (κ3) is 4.17. The van der Waals surface area contributed by atoms with Gasteiger partial charge in [0.05, 0.1) is 11.4 Å². The van der Waals surface area contributed by atoms with Crippen LogP contribution in [0.4, 0.5) is 11.4 Å². The van der Waals surface area contributed by atoms with E-state index in [1.54, 1.807) is 36.1 Å². The lowest BCUT2D eigenvalue weighted by Crippen LogP contribution is -2.27. The number of nitrogens with zero attached hydrogens (tertiary/aromatic N) is 1. The van der Waals surface area contributed by atoms with Crippen molar-refractivity contribution in [3.63, 3.8) is 0 Å². The molecule has 0 spiro atoms. The smallest absolute Gasteiger partial charge is 0.342 e. The van der Waals surface area contributed by atoms with Gasteiger partial charge in [0, 0.05) is 13.0 Å². The van der Waals surface area contributed by atoms with Crippen LogP contribution in [0, 0.1) is 6.92 Å². The van der Waals surface area contributed by atoms with E-state index in [0.717, 1.165) is 6.42 Å². The van der Waals surface area contributed by atoms with E-state index in [4.69, 9.17) is 14.3 Å². The molecule has 1 aliphatic rings. The highest BCUT2D eigenvalue weighted by Crippen LogP contribution is 2.29. The van der Waals surface area contributed by atoms with Crippen LogP contribution in [-0.4, -0.2) is 36.0 Å². The van der Waals surface area contributed by atoms with Crippen LogP contribution in [-0.2, 0) is 20.9 Å². The molecule has 1 aliphatic heterocycles. The fourth-order valence-electron chi connectivity index (χ4n) is 2.94. The Kier molecular flexibility index (Phi) is 5.56. The number of aliphatic hydroxyl groups excluding tert-OH is 1. The quantitative estimate of drug-likeness (QED) is 0.751. The van der Waals surface area contributed by atoms with Crippen molar-refractivity contribution in [2.24, 2.45) is 0 Å². The minimum Gasteiger partial charge on any atom is -0.463 e. The Morgan fingerprint density at radius 2 is 2.11 bits per heavy atom. The molecule has 1 fully saturated rings. The van der Waals surface area contributed by atoms with E-state index in [2.05, 4.69) is 5.32 Å². The average molecular weight is 372 g/mol. The number of rotatable bonds is 6. The monoisotopic (exact) mass is 372 g/mol. The molecular formula is C19H20N2O6. The molecule has 0 unspecified atom stereocenters. The highest BCUT2D eigenvalue weighted by Gasteiger charge is 2.24. The van der Waals surface area contributed by atoms with E-state index < -0.39 is 18.5 Å². The van der Waals surface area contributed by atoms with Gasteiger partial charge < -0.3 is 24.5 Å². The van der Waals surface area contributed by atoms with Crippen LogP contribution in [0.25, 0.3) is 0 Å². The third-order valence-corrected chi connectivity index (χ3v) is 4.22. The molecular weight excluding hydrogens is 352 g/mol. The lowest BCUT2D eigenvalue weighted by molar-refractivity contribution is -0.119. The predicted octanol–water partition coefficient (Wildman–Crippen LogP) is 2.00. The number of ether oxygens (including phenoxy) is 1. The number of benzene rings is 1. The van der Waals surface area contributed by atoms with Gasteiger partial charge in [0.2, 0.25) is 5.91 Å². The van der Waals surface area contributed by atoms with Crippen molar-refractivity contribution in [1.29, 1.82) is 0 Å². The number of esters is 1. The molecule has 2 N–H and O–H groups in total. The van der Waals surface area contributed by atoms with E-state index >= 15 is 0 Å². The molecule has 8 nitrogen and oxygen atoms in total. The van der Waals surface area contributed by atoms with Gasteiger partial charge in [-0.05, 0) is 31.5 Å². The molecule has 2 aromatic rings. The number of anilines is 2. The van der Waals surface area contributed by atoms with Crippen LogP contribution >= 0.6 is 0 Å². The Bertz CT molecular complexity index is 873. The molecule has 27 heavy (non-hydrogen) atoms. The summed E-state index contributed by atoms with van der Waals surface area (Å²) in [5.41, 5.74) is 1.27. The summed E-state index contributed by atoms with van der Waals surface area (Å²) in [5, 5.41) is 11.7. The summed E-state index contributed by atoms with van der Waals surface area (Å²) >= 11 is 0. The van der Waals surface area contributed by atoms with Gasteiger partial charge in [-0.15, -0.1) is 0 Å². The van der Waals surface area contributed by atoms with E-state index in [1.165, 1.54) is 6.07 Å². The lowest BCUT2D eigenvalue weighted by atomic mass is 10.2. The van der Waals surface area contributed by atoms with Crippen LogP contribution in [0.5, 0.6) is 0 Å². The summed E-state index contributed by atoms with van der Waals surface area (Å²) in [6.45, 7) is 1.35. The van der Waals surface area contributed by atoms with Crippen molar-refractivity contribution < 1.29 is 28.6 Å². The van der Waals surface area contributed by atoms with Crippen molar-refractivity contribution >= 4 is 29.2 Å². The standard InChI is InChI=1S/C19H20N2O6/c1-12-14(9-13(10-22)27-12)19(25)26-11-17(23)20-15-5-2-3-6-16(15)21-8-4-7-18(21)24/h2-3,5-6,9,22H,4,7-8,10-11H2,1H3,(H,20,23). The molecule has 142 valence electrons. The summed E-state index contributed by atoms with van der Waals surface area (Å²) in [6, 6.07) is 8.36. The van der Waals surface area contributed by atoms with E-state index in [0.29, 0.717) is 30.1 Å². The molecule has 8 heteroatoms. The van der Waals surface area contributed by atoms with Crippen molar-refractivity contribution in [3.8, 4) is 0 Å². The predicted molar refractivity (Wildman–Crippen MR) is 96.3 cm³/mol. The Balaban J connectivity index is 1.62. The van der Waals surface area contributed by atoms with Gasteiger partial charge in [-0.25, -0.2) is 4.79 Å². The lowest BCUT2D eigenvalue weighted by Gasteiger charge is -2.19. The fourth-order valence-corrected chi connectivity index (χ4v) is 2.94. The van der Waals surface area contributed by atoms with Gasteiger partial charge >= 0.3 is 5.97 Å². The zero-order valence-corrected chi connectivity index (χ0v) is 14.9. The molecule has 3 rings (SSSR count). The number of nitrogens with one attached hydrogen (secondary N) is 1. The van der Waals surface area contributed by atoms with Crippen molar-refractivity contribution in [1.82, 2.24) is 0 Å². The summed E-state index contributed by atoms with van der Waals surface area (Å²) in [7, 11) is 0. The topological polar surface area (TPSA) is 109 Å². The second kappa shape index (κ2) is 8.05. The molecule has 0 aliphatic carbocycles. The summed E-state index contributed by atoms with van der Waals surface area (Å²) in [5.74, 6) is -0.672. The second-order valence-electron chi connectivity index (χ2n) is 6.13. The normalized spacial score (nSPS) is 13.7. The first-order valence-electron chi connectivity index (χ1n) is 8.56. The maximum atomic E-state index is 12.2. The molecule has 0 radical (unpaired) electrons. The number of hydrogen-bond donors (Lipinski definition) is 2. The van der Waals surface area contributed by atoms with Crippen LogP contribution in [0.2, 0.25) is 0 Å². The fraction of sp³-hybridized carbons (Fsp3) is 0.316. The SMILES string of the molecule is Cc1oc(CO)cc1C(=O)OCC(=O)Nc1ccccc1N1CCCC1=O. The second-order valence-corrected chi connectivity index (χ2v) is 6.13. The van der Waals surface area contributed by atoms with Gasteiger partial charge in [0.15, 0.2) is 6.61 Å². The van der Waals surface area contributed by atoms with Crippen molar-refractivity contribution in [2.45, 2.75) is 26.4 Å². The van der Waals surface area contributed by atoms with Crippen LogP contribution in [0.3, 0.4) is 0 Å². The van der Waals surface area contributed by atoms with Crippen molar-refractivity contribution in [2.75, 3.05) is 23.4 Å². The number of para-hydroxylation sites is 2. The van der Waals surface area contributed by atoms with Crippen LogP contribution in [0.15, 0.2) is 34.7 Å². The highest BCUT2D eigenvalue weighted by molar-refractivity contribution is 6.02. The summed E-state index contributed by atoms with van der Waals surface area (Å²) < 4.78 is 10.2. The number of carbonyl (C=O) groups is 3. The number of aryl methyl sites for hydroxylation is 1. The molecule has 0 saturated carbocycles. The Hall–Kier alpha value is -3.13.